The quantitative estimate of drug-likeness (QED) is 0.240. The maximum Gasteiger partial charge on any atom is 0.281 e. The number of carbonyl (C=O) groups is 1. The van der Waals surface area contributed by atoms with Gasteiger partial charge in [-0.3, -0.25) is 14.3 Å². The predicted octanol–water partition coefficient (Wildman–Crippen LogP) is 3.65. The lowest BCUT2D eigenvalue weighted by Crippen LogP contribution is -2.55. The molecule has 2 aromatic heterocycles. The van der Waals surface area contributed by atoms with Crippen LogP contribution in [0.5, 0.6) is 11.5 Å². The molecule has 46 heavy (non-hydrogen) atoms. The van der Waals surface area contributed by atoms with Gasteiger partial charge in [0.15, 0.2) is 11.5 Å². The normalized spacial score (nSPS) is 21.0. The Labute approximate surface area is 266 Å². The lowest BCUT2D eigenvalue weighted by Gasteiger charge is -2.42. The number of nitrogens with one attached hydrogen (secondary N) is 2. The van der Waals surface area contributed by atoms with Crippen LogP contribution in [-0.2, 0) is 17.7 Å². The van der Waals surface area contributed by atoms with Crippen LogP contribution < -0.4 is 25.7 Å². The third kappa shape index (κ3) is 7.19. The Bertz CT molecular complexity index is 1780. The lowest BCUT2D eigenvalue weighted by atomic mass is 9.88. The summed E-state index contributed by atoms with van der Waals surface area (Å²) in [5.41, 5.74) is 0.130. The fourth-order valence-corrected chi connectivity index (χ4v) is 6.16. The molecule has 12 heteroatoms. The number of aromatic nitrogens is 3. The zero-order valence-electron chi connectivity index (χ0n) is 26.3. The summed E-state index contributed by atoms with van der Waals surface area (Å²) >= 11 is 0. The fourth-order valence-electron chi connectivity index (χ4n) is 6.16. The maximum absolute atomic E-state index is 13.5. The number of rotatable bonds is 10. The zero-order chi connectivity index (χ0) is 32.3. The Kier molecular flexibility index (Phi) is 9.03. The summed E-state index contributed by atoms with van der Waals surface area (Å²) in [6.07, 6.45) is 3.94. The van der Waals surface area contributed by atoms with Crippen LogP contribution in [0.1, 0.15) is 43.1 Å². The molecule has 2 aliphatic heterocycles. The Hall–Kier alpha value is -4.39. The van der Waals surface area contributed by atoms with Crippen molar-refractivity contribution in [2.45, 2.75) is 57.5 Å². The molecule has 0 saturated carbocycles. The summed E-state index contributed by atoms with van der Waals surface area (Å²) in [4.78, 5) is 26.3. The lowest BCUT2D eigenvalue weighted by molar-refractivity contribution is -0.140. The van der Waals surface area contributed by atoms with Gasteiger partial charge >= 0.3 is 0 Å². The van der Waals surface area contributed by atoms with Crippen LogP contribution >= 0.6 is 0 Å². The van der Waals surface area contributed by atoms with Gasteiger partial charge in [0.2, 0.25) is 5.62 Å². The number of halogens is 1. The molecule has 0 radical (unpaired) electrons. The van der Waals surface area contributed by atoms with E-state index >= 15 is 0 Å². The van der Waals surface area contributed by atoms with Gasteiger partial charge < -0.3 is 30.0 Å². The summed E-state index contributed by atoms with van der Waals surface area (Å²) < 4.78 is 34.2. The summed E-state index contributed by atoms with van der Waals surface area (Å²) in [6, 6.07) is 13.3. The summed E-state index contributed by atoms with van der Waals surface area (Å²) in [7, 11) is 0. The first kappa shape index (κ1) is 31.6. The fraction of sp³-hybridized carbons (Fsp3) is 0.412. The van der Waals surface area contributed by atoms with Crippen LogP contribution in [0.25, 0.3) is 10.9 Å². The van der Waals surface area contributed by atoms with E-state index in [0.29, 0.717) is 55.1 Å². The smallest absolute Gasteiger partial charge is 0.281 e. The van der Waals surface area contributed by atoms with Gasteiger partial charge in [0.1, 0.15) is 23.8 Å². The first-order valence-corrected chi connectivity index (χ1v) is 15.5. The molecule has 11 nitrogen and oxygen atoms in total. The Morgan fingerprint density at radius 1 is 1.24 bits per heavy atom. The standard InChI is InChI=1S/C34H39FN6O5/c1-22-17-37-20-34(3,46-22)19-33(2,43)21-45-27-11-10-26-28(29(27)44-16-12-23-6-8-25(35)9-7-23)39-32(41-15-14-38-30(26)41)40-31(42)24-5-4-13-36-18-24/h4-11,13,18,22,37-38,43H,12,14-17,19-21H2,1-3H3/t22-,33+,34+/m0/s1. The first-order chi connectivity index (χ1) is 22.1. The van der Waals surface area contributed by atoms with Crippen molar-refractivity contribution >= 4 is 22.6 Å². The first-order valence-electron chi connectivity index (χ1n) is 15.5. The average molecular weight is 631 g/mol. The van der Waals surface area contributed by atoms with Gasteiger partial charge in [-0.15, -0.1) is 0 Å². The molecule has 4 heterocycles. The van der Waals surface area contributed by atoms with E-state index in [1.807, 2.05) is 24.5 Å². The van der Waals surface area contributed by atoms with Crippen molar-refractivity contribution in [3.63, 3.8) is 0 Å². The minimum absolute atomic E-state index is 0.0287. The Morgan fingerprint density at radius 2 is 2.07 bits per heavy atom. The SMILES string of the molecule is C[C@H]1CNC[C@@](C)(C[C@@](C)(O)COc2ccc3c4n(c(=NC(=O)c5cccnc5)nc3c2OCCc2ccc(F)cc2)CCN4)O1. The zero-order valence-corrected chi connectivity index (χ0v) is 26.3. The van der Waals surface area contributed by atoms with Crippen molar-refractivity contribution in [3.8, 4) is 11.5 Å². The number of anilines is 1. The van der Waals surface area contributed by atoms with Crippen molar-refractivity contribution in [1.82, 2.24) is 19.9 Å². The number of aliphatic hydroxyl groups is 1. The van der Waals surface area contributed by atoms with E-state index < -0.39 is 17.1 Å². The van der Waals surface area contributed by atoms with E-state index in [9.17, 15) is 14.3 Å². The van der Waals surface area contributed by atoms with E-state index in [0.717, 1.165) is 23.3 Å². The van der Waals surface area contributed by atoms with Gasteiger partial charge in [0, 0.05) is 56.8 Å². The molecule has 0 spiro atoms. The third-order valence-electron chi connectivity index (χ3n) is 8.07. The average Bonchev–Trinajstić information content (AvgIpc) is 3.52. The van der Waals surface area contributed by atoms with Crippen molar-refractivity contribution in [2.75, 3.05) is 38.2 Å². The van der Waals surface area contributed by atoms with Crippen molar-refractivity contribution < 1.29 is 28.5 Å². The number of hydrogen-bond donors (Lipinski definition) is 3. The largest absolute Gasteiger partial charge is 0.487 e. The van der Waals surface area contributed by atoms with Crippen molar-refractivity contribution in [1.29, 1.82) is 0 Å². The van der Waals surface area contributed by atoms with E-state index in [1.165, 1.54) is 18.3 Å². The van der Waals surface area contributed by atoms with Crippen LogP contribution in [0.2, 0.25) is 0 Å². The summed E-state index contributed by atoms with van der Waals surface area (Å²) in [5.74, 6) is 0.723. The molecular weight excluding hydrogens is 591 g/mol. The molecule has 0 unspecified atom stereocenters. The highest BCUT2D eigenvalue weighted by Gasteiger charge is 2.39. The van der Waals surface area contributed by atoms with Gasteiger partial charge in [0.05, 0.1) is 29.5 Å². The number of fused-ring (bicyclic) bond motifs is 3. The summed E-state index contributed by atoms with van der Waals surface area (Å²) in [5, 5.41) is 18.9. The molecule has 4 aromatic rings. The number of carbonyl (C=O) groups excluding carboxylic acids is 1. The monoisotopic (exact) mass is 630 g/mol. The highest BCUT2D eigenvalue weighted by Crippen LogP contribution is 2.38. The highest BCUT2D eigenvalue weighted by molar-refractivity contribution is 5.96. The Morgan fingerprint density at radius 3 is 2.83 bits per heavy atom. The molecule has 0 bridgehead atoms. The number of benzene rings is 2. The second-order valence-electron chi connectivity index (χ2n) is 12.5. The number of nitrogens with zero attached hydrogens (tertiary/aromatic N) is 4. The highest BCUT2D eigenvalue weighted by atomic mass is 19.1. The molecule has 0 aliphatic carbocycles. The molecule has 2 aliphatic rings. The van der Waals surface area contributed by atoms with Gasteiger partial charge in [0.25, 0.3) is 5.91 Å². The van der Waals surface area contributed by atoms with Crippen LogP contribution in [0, 0.1) is 5.82 Å². The minimum atomic E-state index is -1.23. The van der Waals surface area contributed by atoms with Crippen LogP contribution in [0.4, 0.5) is 10.2 Å². The number of pyridine rings is 1. The van der Waals surface area contributed by atoms with Crippen LogP contribution in [0.15, 0.2) is 65.9 Å². The molecule has 1 fully saturated rings. The van der Waals surface area contributed by atoms with Crippen LogP contribution in [0.3, 0.4) is 0 Å². The van der Waals surface area contributed by atoms with Gasteiger partial charge in [-0.1, -0.05) is 12.1 Å². The molecule has 3 atom stereocenters. The topological polar surface area (TPSA) is 132 Å². The van der Waals surface area contributed by atoms with Crippen LogP contribution in [-0.4, -0.2) is 75.7 Å². The third-order valence-corrected chi connectivity index (χ3v) is 8.07. The van der Waals surface area contributed by atoms with Crippen molar-refractivity contribution in [3.05, 3.63) is 83.5 Å². The van der Waals surface area contributed by atoms with Gasteiger partial charge in [-0.2, -0.15) is 4.99 Å². The number of hydrogen-bond acceptors (Lipinski definition) is 9. The number of amides is 1. The van der Waals surface area contributed by atoms with Crippen molar-refractivity contribution in [2.24, 2.45) is 4.99 Å². The molecule has 242 valence electrons. The van der Waals surface area contributed by atoms with E-state index in [2.05, 4.69) is 20.6 Å². The molecule has 3 N–H and O–H groups in total. The van der Waals surface area contributed by atoms with E-state index in [4.69, 9.17) is 19.2 Å². The summed E-state index contributed by atoms with van der Waals surface area (Å²) in [6.45, 7) is 8.51. The number of morpholine rings is 1. The van der Waals surface area contributed by atoms with E-state index in [1.54, 1.807) is 43.5 Å². The van der Waals surface area contributed by atoms with E-state index in [-0.39, 0.29) is 30.8 Å². The Balaban J connectivity index is 1.35. The molecule has 6 rings (SSSR count). The number of ether oxygens (including phenoxy) is 3. The molecule has 2 aromatic carbocycles. The molecule has 1 saturated heterocycles. The predicted molar refractivity (Wildman–Crippen MR) is 171 cm³/mol. The molecule has 1 amide bonds. The minimum Gasteiger partial charge on any atom is -0.487 e. The molecular formula is C34H39FN6O5. The second kappa shape index (κ2) is 13.1. The maximum atomic E-state index is 13.5. The second-order valence-corrected chi connectivity index (χ2v) is 12.5. The van der Waals surface area contributed by atoms with Gasteiger partial charge in [-0.25, -0.2) is 9.37 Å². The van der Waals surface area contributed by atoms with Gasteiger partial charge in [-0.05, 0) is 62.7 Å².